The maximum Gasteiger partial charge on any atom is 0.417 e. The van der Waals surface area contributed by atoms with Crippen molar-refractivity contribution in [3.05, 3.63) is 0 Å². The van der Waals surface area contributed by atoms with Crippen LogP contribution in [-0.2, 0) is 19.1 Å². The van der Waals surface area contributed by atoms with Crippen molar-refractivity contribution >= 4 is 23.7 Å². The van der Waals surface area contributed by atoms with Crippen LogP contribution in [0, 0.1) is 0 Å². The van der Waals surface area contributed by atoms with Gasteiger partial charge >= 0.3 is 12.1 Å². The lowest BCUT2D eigenvalue weighted by molar-refractivity contribution is -0.157. The SMILES string of the molecule is CC(C)(C)OC(=O)[C@@H]1CC(C(=O)N2CC(C)(C)OC2=O)=NN1. The number of esters is 1. The topological polar surface area (TPSA) is 97.3 Å². The van der Waals surface area contributed by atoms with Crippen LogP contribution in [0.2, 0.25) is 0 Å². The summed E-state index contributed by atoms with van der Waals surface area (Å²) in [5.41, 5.74) is 1.36. The van der Waals surface area contributed by atoms with E-state index in [0.29, 0.717) is 0 Å². The van der Waals surface area contributed by atoms with Crippen molar-refractivity contribution in [3.63, 3.8) is 0 Å². The molecule has 2 aliphatic heterocycles. The molecule has 8 heteroatoms. The van der Waals surface area contributed by atoms with Crippen molar-refractivity contribution in [2.75, 3.05) is 6.54 Å². The van der Waals surface area contributed by atoms with E-state index in [1.54, 1.807) is 34.6 Å². The number of hydrogen-bond acceptors (Lipinski definition) is 7. The molecular formula is C14H21N3O5. The van der Waals surface area contributed by atoms with Gasteiger partial charge in [0.25, 0.3) is 5.91 Å². The van der Waals surface area contributed by atoms with E-state index in [4.69, 9.17) is 9.47 Å². The minimum absolute atomic E-state index is 0.0813. The largest absolute Gasteiger partial charge is 0.458 e. The first kappa shape index (κ1) is 16.3. The third-order valence-electron chi connectivity index (χ3n) is 3.06. The van der Waals surface area contributed by atoms with Gasteiger partial charge in [0, 0.05) is 6.42 Å². The van der Waals surface area contributed by atoms with Crippen LogP contribution in [0.3, 0.4) is 0 Å². The number of rotatable bonds is 2. The second kappa shape index (κ2) is 5.26. The minimum Gasteiger partial charge on any atom is -0.458 e. The van der Waals surface area contributed by atoms with Crippen LogP contribution in [-0.4, -0.2) is 52.4 Å². The molecule has 0 unspecified atom stereocenters. The molecule has 2 amide bonds. The van der Waals surface area contributed by atoms with Gasteiger partial charge in [0.15, 0.2) is 0 Å². The van der Waals surface area contributed by atoms with Crippen molar-refractivity contribution in [1.82, 2.24) is 10.3 Å². The molecule has 2 heterocycles. The Hall–Kier alpha value is -2.12. The van der Waals surface area contributed by atoms with Crippen LogP contribution in [0.25, 0.3) is 0 Å². The molecule has 1 fully saturated rings. The quantitative estimate of drug-likeness (QED) is 0.758. The van der Waals surface area contributed by atoms with Crippen LogP contribution >= 0.6 is 0 Å². The van der Waals surface area contributed by atoms with Crippen LogP contribution in [0.4, 0.5) is 4.79 Å². The van der Waals surface area contributed by atoms with Crippen LogP contribution in [0.5, 0.6) is 0 Å². The number of cyclic esters (lactones) is 1. The molecule has 0 bridgehead atoms. The zero-order valence-corrected chi connectivity index (χ0v) is 13.4. The number of carbonyl (C=O) groups is 3. The van der Waals surface area contributed by atoms with E-state index in [0.717, 1.165) is 4.90 Å². The smallest absolute Gasteiger partial charge is 0.417 e. The molecule has 2 rings (SSSR count). The molecule has 0 spiro atoms. The predicted molar refractivity (Wildman–Crippen MR) is 77.1 cm³/mol. The lowest BCUT2D eigenvalue weighted by Gasteiger charge is -2.21. The van der Waals surface area contributed by atoms with Gasteiger partial charge in [-0.2, -0.15) is 5.10 Å². The predicted octanol–water partition coefficient (Wildman–Crippen LogP) is 0.803. The van der Waals surface area contributed by atoms with Crippen molar-refractivity contribution < 1.29 is 23.9 Å². The summed E-state index contributed by atoms with van der Waals surface area (Å²) < 4.78 is 10.3. The lowest BCUT2D eigenvalue weighted by atomic mass is 10.1. The molecule has 0 aromatic rings. The van der Waals surface area contributed by atoms with Crippen LogP contribution in [0.15, 0.2) is 5.10 Å². The van der Waals surface area contributed by atoms with Gasteiger partial charge in [-0.1, -0.05) is 0 Å². The van der Waals surface area contributed by atoms with Gasteiger partial charge in [-0.3, -0.25) is 10.2 Å². The van der Waals surface area contributed by atoms with E-state index in [1.807, 2.05) is 0 Å². The fourth-order valence-electron chi connectivity index (χ4n) is 2.16. The number of hydrazone groups is 1. The Balaban J connectivity index is 1.97. The van der Waals surface area contributed by atoms with Gasteiger partial charge in [0.05, 0.1) is 6.54 Å². The fourth-order valence-corrected chi connectivity index (χ4v) is 2.16. The summed E-state index contributed by atoms with van der Waals surface area (Å²) in [5, 5.41) is 3.86. The molecule has 0 aromatic heterocycles. The highest BCUT2D eigenvalue weighted by Crippen LogP contribution is 2.23. The number of ether oxygens (including phenoxy) is 2. The molecule has 22 heavy (non-hydrogen) atoms. The van der Waals surface area contributed by atoms with E-state index in [-0.39, 0.29) is 18.7 Å². The maximum atomic E-state index is 12.3. The molecule has 0 aliphatic carbocycles. The van der Waals surface area contributed by atoms with Gasteiger partial charge in [-0.15, -0.1) is 0 Å². The van der Waals surface area contributed by atoms with Crippen molar-refractivity contribution in [3.8, 4) is 0 Å². The Kier molecular flexibility index (Phi) is 3.88. The fraction of sp³-hybridized carbons (Fsp3) is 0.714. The number of imide groups is 1. The molecule has 2 aliphatic rings. The van der Waals surface area contributed by atoms with Crippen LogP contribution < -0.4 is 5.43 Å². The Morgan fingerprint density at radius 3 is 2.55 bits per heavy atom. The minimum atomic E-state index is -0.718. The molecular weight excluding hydrogens is 290 g/mol. The van der Waals surface area contributed by atoms with Gasteiger partial charge < -0.3 is 9.47 Å². The highest BCUT2D eigenvalue weighted by Gasteiger charge is 2.44. The first-order valence-electron chi connectivity index (χ1n) is 7.08. The summed E-state index contributed by atoms with van der Waals surface area (Å²) in [5.74, 6) is -1.03. The molecule has 0 saturated carbocycles. The number of hydrogen-bond donors (Lipinski definition) is 1. The van der Waals surface area contributed by atoms with Crippen molar-refractivity contribution in [2.45, 2.75) is 58.3 Å². The molecule has 1 saturated heterocycles. The average molecular weight is 311 g/mol. The van der Waals surface area contributed by atoms with E-state index < -0.39 is 35.2 Å². The molecule has 122 valence electrons. The summed E-state index contributed by atoms with van der Waals surface area (Å²) >= 11 is 0. The number of nitrogens with one attached hydrogen (secondary N) is 1. The third-order valence-corrected chi connectivity index (χ3v) is 3.06. The molecule has 8 nitrogen and oxygen atoms in total. The van der Waals surface area contributed by atoms with E-state index in [9.17, 15) is 14.4 Å². The van der Waals surface area contributed by atoms with Gasteiger partial charge in [0.1, 0.15) is 23.0 Å². The Bertz CT molecular complexity index is 547. The second-order valence-corrected chi connectivity index (χ2v) is 7.00. The maximum absolute atomic E-state index is 12.3. The van der Waals surface area contributed by atoms with Gasteiger partial charge in [-0.25, -0.2) is 14.5 Å². The summed E-state index contributed by atoms with van der Waals surface area (Å²) in [6.07, 6.45) is -0.615. The molecule has 0 radical (unpaired) electrons. The number of nitrogens with zero attached hydrogens (tertiary/aromatic N) is 2. The average Bonchev–Trinajstić information content (AvgIpc) is 2.90. The van der Waals surface area contributed by atoms with Crippen molar-refractivity contribution in [1.29, 1.82) is 0 Å². The standard InChI is InChI=1S/C14H21N3O5/c1-13(2,3)21-11(19)9-6-8(15-16-9)10(18)17-7-14(4,5)22-12(17)20/h9,16H,6-7H2,1-5H3/t9-/m0/s1. The van der Waals surface area contributed by atoms with E-state index >= 15 is 0 Å². The first-order chi connectivity index (χ1) is 9.98. The Morgan fingerprint density at radius 1 is 1.41 bits per heavy atom. The number of amides is 2. The zero-order chi connectivity index (χ0) is 16.7. The summed E-state index contributed by atoms with van der Waals surface area (Å²) in [4.78, 5) is 36.9. The zero-order valence-electron chi connectivity index (χ0n) is 13.4. The number of carbonyl (C=O) groups excluding carboxylic acids is 3. The summed E-state index contributed by atoms with van der Waals surface area (Å²) in [6.45, 7) is 8.87. The summed E-state index contributed by atoms with van der Waals surface area (Å²) in [7, 11) is 0. The second-order valence-electron chi connectivity index (χ2n) is 7.00. The molecule has 1 atom stereocenters. The van der Waals surface area contributed by atoms with Crippen LogP contribution in [0.1, 0.15) is 41.0 Å². The summed E-state index contributed by atoms with van der Waals surface area (Å²) in [6, 6.07) is -0.718. The van der Waals surface area contributed by atoms with E-state index in [2.05, 4.69) is 10.5 Å². The molecule has 0 aromatic carbocycles. The lowest BCUT2D eigenvalue weighted by Crippen LogP contribution is -2.40. The highest BCUT2D eigenvalue weighted by atomic mass is 16.6. The monoisotopic (exact) mass is 311 g/mol. The van der Waals surface area contributed by atoms with Gasteiger partial charge in [0.2, 0.25) is 0 Å². The van der Waals surface area contributed by atoms with E-state index in [1.165, 1.54) is 0 Å². The van der Waals surface area contributed by atoms with Crippen molar-refractivity contribution in [2.24, 2.45) is 5.10 Å². The normalized spacial score (nSPS) is 23.7. The van der Waals surface area contributed by atoms with Gasteiger partial charge in [-0.05, 0) is 34.6 Å². The Morgan fingerprint density at radius 2 is 2.05 bits per heavy atom. The highest BCUT2D eigenvalue weighted by molar-refractivity contribution is 6.41. The molecule has 1 N–H and O–H groups in total. The Labute approximate surface area is 128 Å². The first-order valence-corrected chi connectivity index (χ1v) is 7.08. The third kappa shape index (κ3) is 3.55.